The Morgan fingerprint density at radius 1 is 1.04 bits per heavy atom. The normalized spacial score (nSPS) is 10.2. The van der Waals surface area contributed by atoms with Gasteiger partial charge in [-0.05, 0) is 43.5 Å². The molecule has 0 radical (unpaired) electrons. The number of nitro groups is 1. The molecule has 6 nitrogen and oxygen atoms in total. The van der Waals surface area contributed by atoms with Crippen molar-refractivity contribution in [3.63, 3.8) is 0 Å². The van der Waals surface area contributed by atoms with Crippen LogP contribution in [-0.2, 0) is 4.79 Å². The highest BCUT2D eigenvalue weighted by Gasteiger charge is 2.11. The predicted octanol–water partition coefficient (Wildman–Crippen LogP) is 3.57. The molecule has 2 aromatic carbocycles. The number of nitrogens with one attached hydrogen (secondary N) is 2. The second-order valence-electron chi connectivity index (χ2n) is 5.48. The van der Waals surface area contributed by atoms with Crippen molar-refractivity contribution in [1.82, 2.24) is 0 Å². The lowest BCUT2D eigenvalue weighted by atomic mass is 10.1. The van der Waals surface area contributed by atoms with E-state index in [1.165, 1.54) is 12.1 Å². The zero-order chi connectivity index (χ0) is 17.0. The number of hydrogen-bond donors (Lipinski definition) is 2. The molecule has 0 unspecified atom stereocenters. The molecule has 0 aliphatic heterocycles. The molecule has 0 heterocycles. The van der Waals surface area contributed by atoms with Crippen LogP contribution < -0.4 is 10.6 Å². The molecule has 0 saturated heterocycles. The summed E-state index contributed by atoms with van der Waals surface area (Å²) in [6, 6.07) is 10.4. The van der Waals surface area contributed by atoms with Gasteiger partial charge in [-0.1, -0.05) is 18.2 Å². The Morgan fingerprint density at radius 2 is 1.70 bits per heavy atom. The molecule has 0 atom stereocenters. The van der Waals surface area contributed by atoms with Crippen LogP contribution in [0.2, 0.25) is 0 Å². The molecule has 0 fully saturated rings. The van der Waals surface area contributed by atoms with Crippen molar-refractivity contribution in [3.8, 4) is 0 Å². The fourth-order valence-corrected chi connectivity index (χ4v) is 2.15. The minimum Gasteiger partial charge on any atom is -0.376 e. The SMILES string of the molecule is Cc1ccc(C)c(NCC(=O)Nc2cc([N+](=O)[O-])ccc2C)c1. The molecule has 1 amide bonds. The third kappa shape index (κ3) is 4.29. The van der Waals surface area contributed by atoms with Gasteiger partial charge in [-0.15, -0.1) is 0 Å². The molecule has 2 rings (SSSR count). The zero-order valence-corrected chi connectivity index (χ0v) is 13.3. The van der Waals surface area contributed by atoms with Crippen LogP contribution in [0.1, 0.15) is 16.7 Å². The molecule has 0 aliphatic rings. The van der Waals surface area contributed by atoms with Crippen molar-refractivity contribution in [2.24, 2.45) is 0 Å². The average molecular weight is 313 g/mol. The van der Waals surface area contributed by atoms with E-state index in [1.807, 2.05) is 32.0 Å². The summed E-state index contributed by atoms with van der Waals surface area (Å²) >= 11 is 0. The van der Waals surface area contributed by atoms with Crippen molar-refractivity contribution in [2.45, 2.75) is 20.8 Å². The highest BCUT2D eigenvalue weighted by Crippen LogP contribution is 2.22. The van der Waals surface area contributed by atoms with Crippen LogP contribution in [0.25, 0.3) is 0 Å². The largest absolute Gasteiger partial charge is 0.376 e. The third-order valence-electron chi connectivity index (χ3n) is 3.54. The van der Waals surface area contributed by atoms with Gasteiger partial charge in [-0.3, -0.25) is 14.9 Å². The van der Waals surface area contributed by atoms with E-state index in [9.17, 15) is 14.9 Å². The summed E-state index contributed by atoms with van der Waals surface area (Å²) in [5.41, 5.74) is 4.23. The van der Waals surface area contributed by atoms with Gasteiger partial charge in [-0.2, -0.15) is 0 Å². The van der Waals surface area contributed by atoms with E-state index in [4.69, 9.17) is 0 Å². The molecule has 0 saturated carbocycles. The number of anilines is 2. The van der Waals surface area contributed by atoms with Gasteiger partial charge in [0.05, 0.1) is 17.2 Å². The molecule has 2 N–H and O–H groups in total. The van der Waals surface area contributed by atoms with Crippen LogP contribution in [0.4, 0.5) is 17.1 Å². The van der Waals surface area contributed by atoms with Crippen LogP contribution >= 0.6 is 0 Å². The molecule has 0 spiro atoms. The standard InChI is InChI=1S/C17H19N3O3/c1-11-4-5-12(2)15(8-11)18-10-17(21)19-16-9-14(20(22)23)7-6-13(16)3/h4-9,18H,10H2,1-3H3,(H,19,21). The van der Waals surface area contributed by atoms with E-state index in [-0.39, 0.29) is 18.1 Å². The topological polar surface area (TPSA) is 84.3 Å². The predicted molar refractivity (Wildman–Crippen MR) is 90.9 cm³/mol. The number of non-ortho nitro benzene ring substituents is 1. The van der Waals surface area contributed by atoms with E-state index in [0.29, 0.717) is 5.69 Å². The molecule has 23 heavy (non-hydrogen) atoms. The number of hydrogen-bond acceptors (Lipinski definition) is 4. The fraction of sp³-hybridized carbons (Fsp3) is 0.235. The molecular formula is C17H19N3O3. The first-order chi connectivity index (χ1) is 10.9. The lowest BCUT2D eigenvalue weighted by molar-refractivity contribution is -0.384. The van der Waals surface area contributed by atoms with Gasteiger partial charge in [0.25, 0.3) is 5.69 Å². The molecule has 0 aliphatic carbocycles. The highest BCUT2D eigenvalue weighted by atomic mass is 16.6. The summed E-state index contributed by atoms with van der Waals surface area (Å²) in [5, 5.41) is 16.6. The second kappa shape index (κ2) is 6.91. The number of carbonyl (C=O) groups excluding carboxylic acids is 1. The number of rotatable bonds is 5. The maximum Gasteiger partial charge on any atom is 0.271 e. The zero-order valence-electron chi connectivity index (χ0n) is 13.3. The van der Waals surface area contributed by atoms with Crippen LogP contribution in [0.3, 0.4) is 0 Å². The molecule has 6 heteroatoms. The van der Waals surface area contributed by atoms with Crippen molar-refractivity contribution in [1.29, 1.82) is 0 Å². The Morgan fingerprint density at radius 3 is 2.39 bits per heavy atom. The van der Waals surface area contributed by atoms with Crippen molar-refractivity contribution in [2.75, 3.05) is 17.2 Å². The molecular weight excluding hydrogens is 294 g/mol. The Balaban J connectivity index is 2.04. The van der Waals surface area contributed by atoms with Gasteiger partial charge < -0.3 is 10.6 Å². The third-order valence-corrected chi connectivity index (χ3v) is 3.54. The quantitative estimate of drug-likeness (QED) is 0.653. The van der Waals surface area contributed by atoms with E-state index >= 15 is 0 Å². The number of amides is 1. The Hall–Kier alpha value is -2.89. The van der Waals surface area contributed by atoms with E-state index in [1.54, 1.807) is 13.0 Å². The second-order valence-corrected chi connectivity index (χ2v) is 5.48. The van der Waals surface area contributed by atoms with Crippen LogP contribution in [0.15, 0.2) is 36.4 Å². The lowest BCUT2D eigenvalue weighted by Crippen LogP contribution is -2.22. The molecule has 0 bridgehead atoms. The van der Waals surface area contributed by atoms with Crippen molar-refractivity contribution >= 4 is 23.0 Å². The summed E-state index contributed by atoms with van der Waals surface area (Å²) in [6.45, 7) is 5.82. The number of aryl methyl sites for hydroxylation is 3. The monoisotopic (exact) mass is 313 g/mol. The number of nitrogens with zero attached hydrogens (tertiary/aromatic N) is 1. The van der Waals surface area contributed by atoms with Gasteiger partial charge in [0, 0.05) is 17.8 Å². The summed E-state index contributed by atoms with van der Waals surface area (Å²) in [6.07, 6.45) is 0. The molecule has 2 aromatic rings. The first-order valence-corrected chi connectivity index (χ1v) is 7.23. The first kappa shape index (κ1) is 16.5. The Labute approximate surface area is 134 Å². The van der Waals surface area contributed by atoms with Crippen LogP contribution in [-0.4, -0.2) is 17.4 Å². The van der Waals surface area contributed by atoms with E-state index < -0.39 is 4.92 Å². The Bertz CT molecular complexity index is 757. The Kier molecular flexibility index (Phi) is 4.95. The van der Waals surface area contributed by atoms with Gasteiger partial charge in [0.15, 0.2) is 0 Å². The first-order valence-electron chi connectivity index (χ1n) is 7.23. The average Bonchev–Trinajstić information content (AvgIpc) is 2.50. The maximum absolute atomic E-state index is 12.1. The smallest absolute Gasteiger partial charge is 0.271 e. The lowest BCUT2D eigenvalue weighted by Gasteiger charge is -2.12. The fourth-order valence-electron chi connectivity index (χ4n) is 2.15. The molecule has 120 valence electrons. The van der Waals surface area contributed by atoms with Crippen molar-refractivity contribution < 1.29 is 9.72 Å². The molecule has 0 aromatic heterocycles. The summed E-state index contributed by atoms with van der Waals surface area (Å²) in [4.78, 5) is 22.4. The minimum atomic E-state index is -0.483. The van der Waals surface area contributed by atoms with Crippen molar-refractivity contribution in [3.05, 3.63) is 63.2 Å². The van der Waals surface area contributed by atoms with E-state index in [0.717, 1.165) is 22.4 Å². The van der Waals surface area contributed by atoms with Crippen LogP contribution in [0, 0.1) is 30.9 Å². The summed E-state index contributed by atoms with van der Waals surface area (Å²) < 4.78 is 0. The van der Waals surface area contributed by atoms with Gasteiger partial charge in [-0.25, -0.2) is 0 Å². The number of carbonyl (C=O) groups is 1. The number of nitro benzene ring substituents is 1. The highest BCUT2D eigenvalue weighted by molar-refractivity contribution is 5.94. The van der Waals surface area contributed by atoms with Gasteiger partial charge in [0.1, 0.15) is 0 Å². The number of benzene rings is 2. The van der Waals surface area contributed by atoms with E-state index in [2.05, 4.69) is 10.6 Å². The van der Waals surface area contributed by atoms with Crippen LogP contribution in [0.5, 0.6) is 0 Å². The summed E-state index contributed by atoms with van der Waals surface area (Å²) in [7, 11) is 0. The summed E-state index contributed by atoms with van der Waals surface area (Å²) in [5.74, 6) is -0.255. The van der Waals surface area contributed by atoms with Gasteiger partial charge >= 0.3 is 0 Å². The minimum absolute atomic E-state index is 0.0478. The maximum atomic E-state index is 12.1. The van der Waals surface area contributed by atoms with Gasteiger partial charge in [0.2, 0.25) is 5.91 Å².